The first kappa shape index (κ1) is 27.3. The number of nitrogens with zero attached hydrogens (tertiary/aromatic N) is 5. The average molecular weight is 507 g/mol. The van der Waals surface area contributed by atoms with Gasteiger partial charge in [0.05, 0.1) is 0 Å². The fourth-order valence-electron chi connectivity index (χ4n) is 4.21. The van der Waals surface area contributed by atoms with Crippen molar-refractivity contribution in [3.63, 3.8) is 0 Å². The van der Waals surface area contributed by atoms with E-state index in [4.69, 9.17) is 0 Å². The standard InChI is InChI=1S/C25H33F3N6O2/c1-15(2)18-10-11-30-19(12-18)23-33-21(32-22(29-4)24(35)36)20(13-31-16(3)25(26,27)28)34(23)14-17-8-6-5-7-9-17/h10-13,15-17,31H,5-9,14H2,1-4H3,(H,35,36)/b20-13-,29-22-,32-21+/t16-/m1/s1. The molecule has 0 spiro atoms. The molecule has 11 heteroatoms. The molecule has 3 rings (SSSR count). The van der Waals surface area contributed by atoms with E-state index in [9.17, 15) is 23.1 Å². The molecule has 8 nitrogen and oxygen atoms in total. The molecule has 1 aliphatic heterocycles. The molecule has 1 fully saturated rings. The Labute approximate surface area is 209 Å². The van der Waals surface area contributed by atoms with Gasteiger partial charge in [-0.2, -0.15) is 13.2 Å². The minimum atomic E-state index is -4.46. The number of carbonyl (C=O) groups is 1. The molecule has 1 saturated carbocycles. The third-order valence-corrected chi connectivity index (χ3v) is 6.41. The summed E-state index contributed by atoms with van der Waals surface area (Å²) in [5, 5.41) is 11.8. The summed E-state index contributed by atoms with van der Waals surface area (Å²) < 4.78 is 39.8. The van der Waals surface area contributed by atoms with Gasteiger partial charge in [-0.15, -0.1) is 0 Å². The lowest BCUT2D eigenvalue weighted by Crippen LogP contribution is -2.39. The topological polar surface area (TPSA) is 103 Å². The second-order valence-electron chi connectivity index (χ2n) is 9.43. The lowest BCUT2D eigenvalue weighted by molar-refractivity contribution is -0.149. The van der Waals surface area contributed by atoms with Gasteiger partial charge in [0, 0.05) is 26.0 Å². The van der Waals surface area contributed by atoms with Crippen molar-refractivity contribution in [2.75, 3.05) is 13.6 Å². The van der Waals surface area contributed by atoms with Crippen molar-refractivity contribution >= 4 is 23.5 Å². The number of rotatable bonds is 6. The molecule has 196 valence electrons. The van der Waals surface area contributed by atoms with Crippen LogP contribution in [0.4, 0.5) is 13.2 Å². The van der Waals surface area contributed by atoms with Crippen LogP contribution >= 0.6 is 0 Å². The highest BCUT2D eigenvalue weighted by atomic mass is 19.4. The highest BCUT2D eigenvalue weighted by molar-refractivity contribution is 6.38. The lowest BCUT2D eigenvalue weighted by atomic mass is 9.89. The molecule has 1 aromatic rings. The molecule has 0 unspecified atom stereocenters. The van der Waals surface area contributed by atoms with Crippen LogP contribution in [0.3, 0.4) is 0 Å². The van der Waals surface area contributed by atoms with E-state index in [1.54, 1.807) is 6.20 Å². The zero-order valence-corrected chi connectivity index (χ0v) is 21.0. The monoisotopic (exact) mass is 506 g/mol. The maximum atomic E-state index is 13.3. The number of aliphatic carboxylic acids is 1. The van der Waals surface area contributed by atoms with Crippen molar-refractivity contribution in [2.45, 2.75) is 71.0 Å². The average Bonchev–Trinajstić information content (AvgIpc) is 3.17. The van der Waals surface area contributed by atoms with Gasteiger partial charge in [0.1, 0.15) is 17.4 Å². The van der Waals surface area contributed by atoms with Crippen molar-refractivity contribution in [2.24, 2.45) is 20.9 Å². The third kappa shape index (κ3) is 6.70. The first-order valence-corrected chi connectivity index (χ1v) is 12.2. The van der Waals surface area contributed by atoms with Crippen molar-refractivity contribution in [1.82, 2.24) is 15.2 Å². The Hall–Kier alpha value is -3.24. The van der Waals surface area contributed by atoms with Crippen LogP contribution in [0.1, 0.15) is 70.1 Å². The number of alkyl halides is 3. The normalized spacial score (nSPS) is 20.8. The number of aliphatic imine (C=N–C) groups is 3. The molecule has 0 saturated heterocycles. The van der Waals surface area contributed by atoms with E-state index in [0.29, 0.717) is 24.0 Å². The van der Waals surface area contributed by atoms with Crippen LogP contribution in [-0.2, 0) is 4.79 Å². The minimum Gasteiger partial charge on any atom is -0.475 e. The number of hydrogen-bond acceptors (Lipinski definition) is 5. The molecule has 0 bridgehead atoms. The van der Waals surface area contributed by atoms with Crippen LogP contribution in [0.5, 0.6) is 0 Å². The van der Waals surface area contributed by atoms with E-state index < -0.39 is 24.0 Å². The summed E-state index contributed by atoms with van der Waals surface area (Å²) >= 11 is 0. The van der Waals surface area contributed by atoms with Crippen LogP contribution in [0.2, 0.25) is 0 Å². The summed E-state index contributed by atoms with van der Waals surface area (Å²) in [5.41, 5.74) is 1.83. The Morgan fingerprint density at radius 3 is 2.56 bits per heavy atom. The van der Waals surface area contributed by atoms with Crippen molar-refractivity contribution in [3.05, 3.63) is 41.5 Å². The molecule has 1 atom stereocenters. The summed E-state index contributed by atoms with van der Waals surface area (Å²) in [5.74, 6) is -0.921. The summed E-state index contributed by atoms with van der Waals surface area (Å²) in [6.07, 6.45) is 3.74. The molecule has 0 amide bonds. The predicted octanol–water partition coefficient (Wildman–Crippen LogP) is 4.74. The number of carboxylic acids is 1. The third-order valence-electron chi connectivity index (χ3n) is 6.41. The molecule has 2 N–H and O–H groups in total. The summed E-state index contributed by atoms with van der Waals surface area (Å²) in [6.45, 7) is 5.62. The molecule has 1 aliphatic carbocycles. The number of amidine groups is 3. The van der Waals surface area contributed by atoms with E-state index in [0.717, 1.165) is 44.6 Å². The van der Waals surface area contributed by atoms with Gasteiger partial charge in [-0.25, -0.2) is 14.8 Å². The van der Waals surface area contributed by atoms with Crippen LogP contribution in [0.25, 0.3) is 0 Å². The van der Waals surface area contributed by atoms with Gasteiger partial charge in [-0.3, -0.25) is 9.98 Å². The second-order valence-corrected chi connectivity index (χ2v) is 9.43. The van der Waals surface area contributed by atoms with Crippen LogP contribution in [0.15, 0.2) is 45.2 Å². The number of halogens is 3. The molecular formula is C25H33F3N6O2. The molecular weight excluding hydrogens is 473 g/mol. The Bertz CT molecular complexity index is 1070. The SMILES string of the molecule is C\N=C(/N=C1/N=C(c2cc(C(C)C)ccn2)N(CC2CCCCC2)/C1=C\N[C@H](C)C(F)(F)F)C(=O)O. The fourth-order valence-corrected chi connectivity index (χ4v) is 4.21. The van der Waals surface area contributed by atoms with Gasteiger partial charge in [0.2, 0.25) is 5.84 Å². The second kappa shape index (κ2) is 11.7. The van der Waals surface area contributed by atoms with E-state index in [2.05, 4.69) is 25.3 Å². The first-order chi connectivity index (χ1) is 17.0. The molecule has 2 heterocycles. The van der Waals surface area contributed by atoms with Crippen molar-refractivity contribution in [1.29, 1.82) is 0 Å². The zero-order chi connectivity index (χ0) is 26.5. The predicted molar refractivity (Wildman–Crippen MR) is 133 cm³/mol. The van der Waals surface area contributed by atoms with Gasteiger partial charge in [0.25, 0.3) is 0 Å². The number of hydrogen-bond donors (Lipinski definition) is 2. The highest BCUT2D eigenvalue weighted by Gasteiger charge is 2.37. The fraction of sp³-hybridized carbons (Fsp3) is 0.560. The Balaban J connectivity index is 2.13. The van der Waals surface area contributed by atoms with E-state index in [1.165, 1.54) is 13.2 Å². The molecule has 0 radical (unpaired) electrons. The molecule has 0 aromatic carbocycles. The number of aromatic nitrogens is 1. The number of pyridine rings is 1. The Morgan fingerprint density at radius 1 is 1.28 bits per heavy atom. The van der Waals surface area contributed by atoms with E-state index >= 15 is 0 Å². The summed E-state index contributed by atoms with van der Waals surface area (Å²) in [4.78, 5) is 30.3. The van der Waals surface area contributed by atoms with Crippen LogP contribution < -0.4 is 5.32 Å². The summed E-state index contributed by atoms with van der Waals surface area (Å²) in [6, 6.07) is 1.98. The summed E-state index contributed by atoms with van der Waals surface area (Å²) in [7, 11) is 1.29. The van der Waals surface area contributed by atoms with Gasteiger partial charge < -0.3 is 15.3 Å². The Morgan fingerprint density at radius 2 is 1.97 bits per heavy atom. The van der Waals surface area contributed by atoms with Gasteiger partial charge >= 0.3 is 12.1 Å². The largest absolute Gasteiger partial charge is 0.475 e. The smallest absolute Gasteiger partial charge is 0.408 e. The van der Waals surface area contributed by atoms with Crippen molar-refractivity contribution in [3.8, 4) is 0 Å². The van der Waals surface area contributed by atoms with Gasteiger partial charge in [-0.05, 0) is 49.3 Å². The van der Waals surface area contributed by atoms with E-state index in [1.807, 2.05) is 30.9 Å². The van der Waals surface area contributed by atoms with Gasteiger partial charge in [0.15, 0.2) is 11.7 Å². The van der Waals surface area contributed by atoms with E-state index in [-0.39, 0.29) is 17.5 Å². The number of nitrogens with one attached hydrogen (secondary N) is 1. The lowest BCUT2D eigenvalue weighted by Gasteiger charge is -2.30. The van der Waals surface area contributed by atoms with Gasteiger partial charge in [-0.1, -0.05) is 33.1 Å². The quantitative estimate of drug-likeness (QED) is 0.429. The zero-order valence-electron chi connectivity index (χ0n) is 21.0. The van der Waals surface area contributed by atoms with Crippen molar-refractivity contribution < 1.29 is 23.1 Å². The van der Waals surface area contributed by atoms with Crippen LogP contribution in [-0.4, -0.2) is 64.3 Å². The Kier molecular flexibility index (Phi) is 8.86. The highest BCUT2D eigenvalue weighted by Crippen LogP contribution is 2.30. The maximum absolute atomic E-state index is 13.3. The maximum Gasteiger partial charge on any atom is 0.408 e. The number of carboxylic acid groups (broad SMARTS) is 1. The van der Waals surface area contributed by atoms with Crippen LogP contribution in [0, 0.1) is 5.92 Å². The molecule has 2 aliphatic rings. The molecule has 36 heavy (non-hydrogen) atoms. The molecule has 1 aromatic heterocycles. The minimum absolute atomic E-state index is 0.0255. The first-order valence-electron chi connectivity index (χ1n) is 12.2.